The van der Waals surface area contributed by atoms with Gasteiger partial charge < -0.3 is 0 Å². The van der Waals surface area contributed by atoms with E-state index in [4.69, 9.17) is 1.37 Å². The molecule has 0 bridgehead atoms. The molecule has 90 valence electrons. The minimum Gasteiger partial charge on any atom is -0.264 e. The molecule has 0 saturated heterocycles. The Morgan fingerprint density at radius 1 is 0.789 bits per heavy atom. The van der Waals surface area contributed by atoms with Gasteiger partial charge >= 0.3 is 0 Å². The van der Waals surface area contributed by atoms with E-state index in [0.717, 1.165) is 5.56 Å². The van der Waals surface area contributed by atoms with Gasteiger partial charge in [-0.2, -0.15) is 0 Å². The van der Waals surface area contributed by atoms with Crippen LogP contribution in [-0.2, 0) is 0 Å². The van der Waals surface area contributed by atoms with Crippen molar-refractivity contribution < 1.29 is 1.37 Å². The Labute approximate surface area is 112 Å². The van der Waals surface area contributed by atoms with Gasteiger partial charge in [-0.1, -0.05) is 48.0 Å². The molecule has 4 aromatic rings. The third kappa shape index (κ3) is 1.45. The Morgan fingerprint density at radius 3 is 2.37 bits per heavy atom. The number of fused-ring (bicyclic) bond motifs is 6. The maximum atomic E-state index is 7.58. The highest BCUT2D eigenvalue weighted by molar-refractivity contribution is 6.25. The van der Waals surface area contributed by atoms with Gasteiger partial charge in [0.2, 0.25) is 0 Å². The first kappa shape index (κ1) is 9.51. The van der Waals surface area contributed by atoms with E-state index in [1.54, 1.807) is 0 Å². The topological polar surface area (TPSA) is 12.9 Å². The lowest BCUT2D eigenvalue weighted by molar-refractivity contribution is 1.37. The normalized spacial score (nSPS) is 12.1. The predicted molar refractivity (Wildman–Crippen MR) is 81.5 cm³/mol. The summed E-state index contributed by atoms with van der Waals surface area (Å²) in [4.78, 5) is 4.28. The van der Waals surface area contributed by atoms with Crippen LogP contribution in [0.2, 0.25) is 0 Å². The third-order valence-electron chi connectivity index (χ3n) is 3.70. The highest BCUT2D eigenvalue weighted by Crippen LogP contribution is 2.34. The second-order valence-electron chi connectivity index (χ2n) is 4.85. The van der Waals surface area contributed by atoms with Crippen molar-refractivity contribution in [3.63, 3.8) is 0 Å². The Balaban J connectivity index is 2.35. The first-order chi connectivity index (χ1) is 9.88. The van der Waals surface area contributed by atoms with Crippen LogP contribution in [0.3, 0.4) is 0 Å². The standard InChI is InChI=1S/C18H13N/c1-12-6-7-15-13-4-2-3-5-14(13)18-11-19-9-8-16(18)17(15)10-12/h2-11H,1H3/i1D. The van der Waals surface area contributed by atoms with E-state index in [2.05, 4.69) is 53.5 Å². The van der Waals surface area contributed by atoms with Gasteiger partial charge in [0.25, 0.3) is 0 Å². The molecule has 1 heteroatoms. The van der Waals surface area contributed by atoms with Crippen molar-refractivity contribution in [2.24, 2.45) is 0 Å². The van der Waals surface area contributed by atoms with Crippen LogP contribution in [0.15, 0.2) is 60.9 Å². The molecule has 0 aliphatic heterocycles. The monoisotopic (exact) mass is 244 g/mol. The number of hydrogen-bond acceptors (Lipinski definition) is 1. The summed E-state index contributed by atoms with van der Waals surface area (Å²) < 4.78 is 7.58. The molecular formula is C18H13N. The van der Waals surface area contributed by atoms with Gasteiger partial charge in [0, 0.05) is 19.2 Å². The number of aryl methyl sites for hydroxylation is 1. The number of hydrogen-bond donors (Lipinski definition) is 0. The lowest BCUT2D eigenvalue weighted by Crippen LogP contribution is -1.84. The molecule has 0 radical (unpaired) electrons. The summed E-state index contributed by atoms with van der Waals surface area (Å²) in [6.45, 7) is 0.315. The fourth-order valence-corrected chi connectivity index (χ4v) is 2.85. The van der Waals surface area contributed by atoms with E-state index < -0.39 is 0 Å². The molecule has 19 heavy (non-hydrogen) atoms. The van der Waals surface area contributed by atoms with E-state index in [1.807, 2.05) is 12.4 Å². The highest BCUT2D eigenvalue weighted by atomic mass is 14.6. The van der Waals surface area contributed by atoms with Gasteiger partial charge in [-0.25, -0.2) is 0 Å². The molecule has 0 fully saturated rings. The summed E-state index contributed by atoms with van der Waals surface area (Å²) in [5.41, 5.74) is 1.05. The molecule has 0 unspecified atom stereocenters. The molecule has 0 aliphatic rings. The number of rotatable bonds is 0. The van der Waals surface area contributed by atoms with Crippen molar-refractivity contribution in [3.05, 3.63) is 66.5 Å². The van der Waals surface area contributed by atoms with Crippen molar-refractivity contribution in [1.29, 1.82) is 0 Å². The molecule has 1 nitrogen and oxygen atoms in total. The zero-order valence-corrected chi connectivity index (χ0v) is 10.4. The van der Waals surface area contributed by atoms with Crippen LogP contribution >= 0.6 is 0 Å². The van der Waals surface area contributed by atoms with Crippen molar-refractivity contribution in [2.75, 3.05) is 0 Å². The average molecular weight is 244 g/mol. The van der Waals surface area contributed by atoms with Crippen molar-refractivity contribution in [2.45, 2.75) is 6.90 Å². The van der Waals surface area contributed by atoms with Crippen LogP contribution < -0.4 is 0 Å². The zero-order chi connectivity index (χ0) is 13.5. The van der Waals surface area contributed by atoms with Gasteiger partial charge in [-0.3, -0.25) is 4.98 Å². The summed E-state index contributed by atoms with van der Waals surface area (Å²) in [5.74, 6) is 0. The van der Waals surface area contributed by atoms with E-state index in [9.17, 15) is 0 Å². The largest absolute Gasteiger partial charge is 0.264 e. The summed E-state index contributed by atoms with van der Waals surface area (Å²) in [6, 6.07) is 16.8. The number of aromatic nitrogens is 1. The fourth-order valence-electron chi connectivity index (χ4n) is 2.85. The minimum atomic E-state index is 0.315. The van der Waals surface area contributed by atoms with E-state index in [0.29, 0.717) is 6.90 Å². The Kier molecular flexibility index (Phi) is 1.90. The minimum absolute atomic E-state index is 0.315. The van der Waals surface area contributed by atoms with E-state index in [1.165, 1.54) is 32.3 Å². The molecule has 0 N–H and O–H groups in total. The maximum absolute atomic E-state index is 7.58. The molecule has 1 aromatic heterocycles. The van der Waals surface area contributed by atoms with Crippen LogP contribution in [0.5, 0.6) is 0 Å². The number of benzene rings is 3. The lowest BCUT2D eigenvalue weighted by atomic mass is 9.94. The highest BCUT2D eigenvalue weighted by Gasteiger charge is 2.07. The molecular weight excluding hydrogens is 230 g/mol. The third-order valence-corrected chi connectivity index (χ3v) is 3.70. The average Bonchev–Trinajstić information content (AvgIpc) is 2.54. The summed E-state index contributed by atoms with van der Waals surface area (Å²) >= 11 is 0. The molecule has 3 aromatic carbocycles. The van der Waals surface area contributed by atoms with Gasteiger partial charge in [0.05, 0.1) is 0 Å². The second-order valence-corrected chi connectivity index (χ2v) is 4.85. The first-order valence-corrected chi connectivity index (χ1v) is 6.35. The Bertz CT molecular complexity index is 908. The summed E-state index contributed by atoms with van der Waals surface area (Å²) in [5, 5.41) is 7.34. The van der Waals surface area contributed by atoms with Gasteiger partial charge in [0.1, 0.15) is 0 Å². The smallest absolute Gasteiger partial charge is 0.0352 e. The van der Waals surface area contributed by atoms with Crippen LogP contribution in [0.25, 0.3) is 32.3 Å². The van der Waals surface area contributed by atoms with Crippen LogP contribution in [-0.4, -0.2) is 4.98 Å². The molecule has 0 spiro atoms. The van der Waals surface area contributed by atoms with Gasteiger partial charge in [-0.15, -0.1) is 0 Å². The SMILES string of the molecule is [2H]Cc1ccc2c3ccccc3c3cnccc3c2c1. The predicted octanol–water partition coefficient (Wildman–Crippen LogP) is 4.85. The Morgan fingerprint density at radius 2 is 1.53 bits per heavy atom. The van der Waals surface area contributed by atoms with Crippen molar-refractivity contribution >= 4 is 32.3 Å². The molecule has 0 saturated carbocycles. The molecule has 0 atom stereocenters. The van der Waals surface area contributed by atoms with Crippen LogP contribution in [0.1, 0.15) is 6.93 Å². The van der Waals surface area contributed by atoms with Crippen molar-refractivity contribution in [3.8, 4) is 0 Å². The quantitative estimate of drug-likeness (QED) is 0.403. The lowest BCUT2D eigenvalue weighted by Gasteiger charge is -2.10. The number of nitrogens with zero attached hydrogens (tertiary/aromatic N) is 1. The van der Waals surface area contributed by atoms with Crippen molar-refractivity contribution in [1.82, 2.24) is 4.98 Å². The fraction of sp³-hybridized carbons (Fsp3) is 0.0556. The summed E-state index contributed by atoms with van der Waals surface area (Å²) in [7, 11) is 0. The van der Waals surface area contributed by atoms with Gasteiger partial charge in [-0.05, 0) is 39.9 Å². The van der Waals surface area contributed by atoms with E-state index >= 15 is 0 Å². The molecule has 0 aliphatic carbocycles. The van der Waals surface area contributed by atoms with Crippen LogP contribution in [0.4, 0.5) is 0 Å². The molecule has 4 rings (SSSR count). The molecule has 1 heterocycles. The van der Waals surface area contributed by atoms with Crippen LogP contribution in [0, 0.1) is 6.90 Å². The molecule has 0 amide bonds. The second kappa shape index (κ2) is 3.79. The maximum Gasteiger partial charge on any atom is 0.0352 e. The number of pyridine rings is 1. The van der Waals surface area contributed by atoms with Gasteiger partial charge in [0.15, 0.2) is 0 Å². The summed E-state index contributed by atoms with van der Waals surface area (Å²) in [6.07, 6.45) is 3.77. The zero-order valence-electron chi connectivity index (χ0n) is 11.4. The van der Waals surface area contributed by atoms with E-state index in [-0.39, 0.29) is 0 Å². The first-order valence-electron chi connectivity index (χ1n) is 7.05. The Hall–Kier alpha value is -2.41.